The topological polar surface area (TPSA) is 61.5 Å². The van der Waals surface area contributed by atoms with Crippen molar-refractivity contribution in [3.05, 3.63) is 0 Å². The number of rotatable bonds is 5. The van der Waals surface area contributed by atoms with Gasteiger partial charge in [-0.3, -0.25) is 0 Å². The molecule has 94 valence electrons. The summed E-state index contributed by atoms with van der Waals surface area (Å²) < 4.78 is 10.7. The van der Waals surface area contributed by atoms with Crippen molar-refractivity contribution >= 4 is 5.97 Å². The molecule has 0 bridgehead atoms. The van der Waals surface area contributed by atoms with Crippen LogP contribution in [0.15, 0.2) is 0 Å². The van der Waals surface area contributed by atoms with Crippen LogP contribution in [-0.4, -0.2) is 30.8 Å². The second-order valence-electron chi connectivity index (χ2n) is 4.33. The van der Waals surface area contributed by atoms with E-state index in [0.717, 1.165) is 25.7 Å². The fraction of sp³-hybridized carbons (Fsp3) is 0.917. The molecule has 0 spiro atoms. The summed E-state index contributed by atoms with van der Waals surface area (Å²) in [4.78, 5) is 11.6. The van der Waals surface area contributed by atoms with Crippen molar-refractivity contribution in [2.24, 2.45) is 5.73 Å². The summed E-state index contributed by atoms with van der Waals surface area (Å²) in [7, 11) is 0. The number of carbonyl (C=O) groups is 1. The molecule has 0 aromatic heterocycles. The van der Waals surface area contributed by atoms with Crippen LogP contribution in [0, 0.1) is 0 Å². The van der Waals surface area contributed by atoms with Gasteiger partial charge in [-0.25, -0.2) is 4.79 Å². The highest BCUT2D eigenvalue weighted by Crippen LogP contribution is 2.22. The van der Waals surface area contributed by atoms with Crippen molar-refractivity contribution in [3.63, 3.8) is 0 Å². The van der Waals surface area contributed by atoms with Gasteiger partial charge in [0.25, 0.3) is 0 Å². The van der Waals surface area contributed by atoms with Crippen molar-refractivity contribution in [2.45, 2.75) is 64.2 Å². The van der Waals surface area contributed by atoms with Crippen LogP contribution in [0.5, 0.6) is 0 Å². The van der Waals surface area contributed by atoms with E-state index in [1.165, 1.54) is 0 Å². The van der Waals surface area contributed by atoms with Crippen LogP contribution in [-0.2, 0) is 14.3 Å². The van der Waals surface area contributed by atoms with Gasteiger partial charge in [-0.2, -0.15) is 0 Å². The van der Waals surface area contributed by atoms with Crippen LogP contribution in [0.1, 0.15) is 46.0 Å². The lowest BCUT2D eigenvalue weighted by atomic mass is 9.93. The Hall–Kier alpha value is -0.610. The largest absolute Gasteiger partial charge is 0.464 e. The van der Waals surface area contributed by atoms with Gasteiger partial charge in [0.2, 0.25) is 0 Å². The number of hydrogen-bond acceptors (Lipinski definition) is 4. The van der Waals surface area contributed by atoms with E-state index in [-0.39, 0.29) is 18.1 Å². The highest BCUT2D eigenvalue weighted by atomic mass is 16.6. The molecule has 0 amide bonds. The second-order valence-corrected chi connectivity index (χ2v) is 4.33. The molecule has 1 saturated carbocycles. The third kappa shape index (κ3) is 4.10. The maximum Gasteiger partial charge on any atom is 0.335 e. The van der Waals surface area contributed by atoms with Gasteiger partial charge in [-0.1, -0.05) is 6.92 Å². The van der Waals surface area contributed by atoms with Crippen molar-refractivity contribution < 1.29 is 14.3 Å². The fourth-order valence-corrected chi connectivity index (χ4v) is 2.09. The molecular weight excluding hydrogens is 206 g/mol. The van der Waals surface area contributed by atoms with Crippen LogP contribution in [0.2, 0.25) is 0 Å². The van der Waals surface area contributed by atoms with Crippen LogP contribution in [0.25, 0.3) is 0 Å². The van der Waals surface area contributed by atoms with Gasteiger partial charge < -0.3 is 15.2 Å². The van der Waals surface area contributed by atoms with E-state index in [1.807, 2.05) is 6.92 Å². The Bertz CT molecular complexity index is 220. The van der Waals surface area contributed by atoms with Gasteiger partial charge in [-0.05, 0) is 39.0 Å². The minimum Gasteiger partial charge on any atom is -0.464 e. The number of hydrogen-bond donors (Lipinski definition) is 1. The Morgan fingerprint density at radius 1 is 1.44 bits per heavy atom. The number of carbonyl (C=O) groups excluding carboxylic acids is 1. The summed E-state index contributed by atoms with van der Waals surface area (Å²) in [5, 5.41) is 0. The van der Waals surface area contributed by atoms with E-state index in [9.17, 15) is 4.79 Å². The highest BCUT2D eigenvalue weighted by Gasteiger charge is 2.26. The second kappa shape index (κ2) is 6.86. The molecule has 0 saturated heterocycles. The molecule has 4 heteroatoms. The molecule has 0 aliphatic heterocycles. The fourth-order valence-electron chi connectivity index (χ4n) is 2.09. The minimum atomic E-state index is -0.421. The molecule has 1 aliphatic rings. The molecule has 3 unspecified atom stereocenters. The lowest BCUT2D eigenvalue weighted by Gasteiger charge is -2.29. The predicted octanol–water partition coefficient (Wildman–Crippen LogP) is 1.61. The monoisotopic (exact) mass is 229 g/mol. The Balaban J connectivity index is 2.39. The first kappa shape index (κ1) is 13.5. The maximum absolute atomic E-state index is 11.6. The van der Waals surface area contributed by atoms with Gasteiger partial charge in [0.05, 0.1) is 12.7 Å². The van der Waals surface area contributed by atoms with Gasteiger partial charge in [0.1, 0.15) is 0 Å². The third-order valence-electron chi connectivity index (χ3n) is 2.94. The summed E-state index contributed by atoms with van der Waals surface area (Å²) in [6, 6.07) is 0.221. The molecule has 1 aliphatic carbocycles. The van der Waals surface area contributed by atoms with Crippen LogP contribution < -0.4 is 5.73 Å². The lowest BCUT2D eigenvalue weighted by molar-refractivity contribution is -0.162. The molecule has 1 fully saturated rings. The molecule has 0 aromatic carbocycles. The Morgan fingerprint density at radius 2 is 2.19 bits per heavy atom. The molecule has 4 nitrogen and oxygen atoms in total. The zero-order valence-electron chi connectivity index (χ0n) is 10.3. The first-order valence-electron chi connectivity index (χ1n) is 6.25. The average molecular weight is 229 g/mol. The van der Waals surface area contributed by atoms with Crippen molar-refractivity contribution in [2.75, 3.05) is 6.61 Å². The van der Waals surface area contributed by atoms with Gasteiger partial charge >= 0.3 is 5.97 Å². The average Bonchev–Trinajstić information content (AvgIpc) is 2.26. The molecule has 2 N–H and O–H groups in total. The van der Waals surface area contributed by atoms with Crippen molar-refractivity contribution in [1.29, 1.82) is 0 Å². The zero-order valence-corrected chi connectivity index (χ0v) is 10.3. The Labute approximate surface area is 97.5 Å². The van der Waals surface area contributed by atoms with Crippen molar-refractivity contribution in [1.82, 2.24) is 0 Å². The molecule has 16 heavy (non-hydrogen) atoms. The zero-order chi connectivity index (χ0) is 12.0. The van der Waals surface area contributed by atoms with E-state index >= 15 is 0 Å². The van der Waals surface area contributed by atoms with Crippen molar-refractivity contribution in [3.8, 4) is 0 Å². The summed E-state index contributed by atoms with van der Waals surface area (Å²) in [5.74, 6) is -0.246. The minimum absolute atomic E-state index is 0.123. The Kier molecular flexibility index (Phi) is 5.77. The van der Waals surface area contributed by atoms with Gasteiger partial charge in [-0.15, -0.1) is 0 Å². The summed E-state index contributed by atoms with van der Waals surface area (Å²) >= 11 is 0. The first-order valence-corrected chi connectivity index (χ1v) is 6.25. The van der Waals surface area contributed by atoms with Gasteiger partial charge in [0.15, 0.2) is 6.10 Å². The van der Waals surface area contributed by atoms with E-state index in [2.05, 4.69) is 0 Å². The summed E-state index contributed by atoms with van der Waals surface area (Å²) in [5.41, 5.74) is 5.88. The highest BCUT2D eigenvalue weighted by molar-refractivity contribution is 5.74. The van der Waals surface area contributed by atoms with E-state index < -0.39 is 6.10 Å². The van der Waals surface area contributed by atoms with Crippen LogP contribution in [0.4, 0.5) is 0 Å². The Morgan fingerprint density at radius 3 is 2.75 bits per heavy atom. The number of nitrogens with two attached hydrogens (primary N) is 1. The van der Waals surface area contributed by atoms with E-state index in [1.54, 1.807) is 6.92 Å². The number of ether oxygens (including phenoxy) is 2. The maximum atomic E-state index is 11.6. The van der Waals surface area contributed by atoms with E-state index in [0.29, 0.717) is 13.0 Å². The molecule has 0 heterocycles. The standard InChI is InChI=1S/C12H23NO3/c1-3-11(12(14)15-4-2)16-10-7-5-6-9(13)8-10/h9-11H,3-8,13H2,1-2H3. The summed E-state index contributed by atoms with van der Waals surface area (Å²) in [6.45, 7) is 4.15. The molecule has 1 rings (SSSR count). The lowest BCUT2D eigenvalue weighted by Crippen LogP contribution is -2.37. The van der Waals surface area contributed by atoms with Crippen LogP contribution in [0.3, 0.4) is 0 Å². The molecule has 3 atom stereocenters. The van der Waals surface area contributed by atoms with E-state index in [4.69, 9.17) is 15.2 Å². The third-order valence-corrected chi connectivity index (χ3v) is 2.94. The molecule has 0 aromatic rings. The van der Waals surface area contributed by atoms with Crippen LogP contribution >= 0.6 is 0 Å². The predicted molar refractivity (Wildman–Crippen MR) is 62.0 cm³/mol. The molecule has 0 radical (unpaired) electrons. The first-order chi connectivity index (χ1) is 7.67. The number of esters is 1. The normalized spacial score (nSPS) is 27.4. The smallest absolute Gasteiger partial charge is 0.335 e. The SMILES string of the molecule is CCOC(=O)C(CC)OC1CCCC(N)C1. The quantitative estimate of drug-likeness (QED) is 0.728. The summed E-state index contributed by atoms with van der Waals surface area (Å²) in [6.07, 6.45) is 4.37. The van der Waals surface area contributed by atoms with Gasteiger partial charge in [0, 0.05) is 6.04 Å². The molecular formula is C12H23NO3.